The number of hydrogen-bond donors (Lipinski definition) is 2. The lowest BCUT2D eigenvalue weighted by atomic mass is 10.0. The topological polar surface area (TPSA) is 58.2 Å². The van der Waals surface area contributed by atoms with E-state index in [9.17, 15) is 27.2 Å². The third-order valence-electron chi connectivity index (χ3n) is 4.49. The van der Waals surface area contributed by atoms with Crippen LogP contribution < -0.4 is 10.6 Å². The highest BCUT2D eigenvalue weighted by atomic mass is 19.4. The van der Waals surface area contributed by atoms with Gasteiger partial charge in [-0.25, -0.2) is 4.39 Å². The molecule has 142 valence electrons. The first kappa shape index (κ1) is 18.9. The lowest BCUT2D eigenvalue weighted by Crippen LogP contribution is -2.39. The molecule has 2 aromatic rings. The summed E-state index contributed by atoms with van der Waals surface area (Å²) in [4.78, 5) is 24.8. The molecule has 2 amide bonds. The molecule has 2 N–H and O–H groups in total. The van der Waals surface area contributed by atoms with Gasteiger partial charge in [0.05, 0.1) is 5.56 Å². The second kappa shape index (κ2) is 7.02. The molecule has 0 radical (unpaired) electrons. The first-order valence-corrected chi connectivity index (χ1v) is 8.23. The molecule has 1 aliphatic rings. The van der Waals surface area contributed by atoms with Crippen LogP contribution in [0.15, 0.2) is 48.5 Å². The zero-order valence-electron chi connectivity index (χ0n) is 14.1. The standard InChI is InChI=1S/C19H16F4N2O2/c20-15-4-2-1-3-12(15)11-24-16(26)18(9-10-18)17(27)25-14-7-5-13(6-8-14)19(21,22)23/h1-8H,9-11H2,(H,24,26)(H,25,27). The minimum absolute atomic E-state index is 0.0547. The quantitative estimate of drug-likeness (QED) is 0.611. The molecule has 0 atom stereocenters. The largest absolute Gasteiger partial charge is 0.416 e. The van der Waals surface area contributed by atoms with E-state index in [0.29, 0.717) is 18.4 Å². The average Bonchev–Trinajstić information content (AvgIpc) is 3.42. The SMILES string of the molecule is O=C(NCc1ccccc1F)C1(C(=O)Nc2ccc(C(F)(F)F)cc2)CC1. The number of alkyl halides is 3. The van der Waals surface area contributed by atoms with Crippen LogP contribution in [-0.2, 0) is 22.3 Å². The maximum absolute atomic E-state index is 13.6. The normalized spacial score (nSPS) is 15.1. The third kappa shape index (κ3) is 4.10. The summed E-state index contributed by atoms with van der Waals surface area (Å²) in [7, 11) is 0. The van der Waals surface area contributed by atoms with Gasteiger partial charge in [0, 0.05) is 17.8 Å². The fourth-order valence-corrected chi connectivity index (χ4v) is 2.66. The van der Waals surface area contributed by atoms with E-state index >= 15 is 0 Å². The van der Waals surface area contributed by atoms with Gasteiger partial charge in [-0.1, -0.05) is 18.2 Å². The lowest BCUT2D eigenvalue weighted by Gasteiger charge is -2.16. The van der Waals surface area contributed by atoms with Gasteiger partial charge in [0.15, 0.2) is 0 Å². The van der Waals surface area contributed by atoms with E-state index in [2.05, 4.69) is 10.6 Å². The molecule has 0 spiro atoms. The predicted molar refractivity (Wildman–Crippen MR) is 90.0 cm³/mol. The summed E-state index contributed by atoms with van der Waals surface area (Å²) in [6.07, 6.45) is -3.82. The van der Waals surface area contributed by atoms with Gasteiger partial charge in [-0.05, 0) is 43.2 Å². The molecule has 0 saturated heterocycles. The molecule has 0 aromatic heterocycles. The Labute approximate surface area is 152 Å². The van der Waals surface area contributed by atoms with Crippen LogP contribution in [0.2, 0.25) is 0 Å². The van der Waals surface area contributed by atoms with E-state index in [4.69, 9.17) is 0 Å². The summed E-state index contributed by atoms with van der Waals surface area (Å²) in [5.41, 5.74) is -1.64. The van der Waals surface area contributed by atoms with Gasteiger partial charge < -0.3 is 10.6 Å². The maximum Gasteiger partial charge on any atom is 0.416 e. The Balaban J connectivity index is 1.62. The first-order chi connectivity index (χ1) is 12.7. The average molecular weight is 380 g/mol. The fourth-order valence-electron chi connectivity index (χ4n) is 2.66. The fraction of sp³-hybridized carbons (Fsp3) is 0.263. The summed E-state index contributed by atoms with van der Waals surface area (Å²) in [5.74, 6) is -1.58. The summed E-state index contributed by atoms with van der Waals surface area (Å²) < 4.78 is 51.3. The van der Waals surface area contributed by atoms with Gasteiger partial charge in [0.2, 0.25) is 11.8 Å². The molecule has 1 fully saturated rings. The molecule has 0 unspecified atom stereocenters. The lowest BCUT2D eigenvalue weighted by molar-refractivity contribution is -0.137. The highest BCUT2D eigenvalue weighted by molar-refractivity contribution is 6.13. The van der Waals surface area contributed by atoms with E-state index in [0.717, 1.165) is 24.3 Å². The molecule has 0 bridgehead atoms. The van der Waals surface area contributed by atoms with Gasteiger partial charge in [0.1, 0.15) is 11.2 Å². The Bertz CT molecular complexity index is 859. The highest BCUT2D eigenvalue weighted by Crippen LogP contribution is 2.47. The van der Waals surface area contributed by atoms with Crippen molar-refractivity contribution in [1.82, 2.24) is 5.32 Å². The highest BCUT2D eigenvalue weighted by Gasteiger charge is 2.56. The number of nitrogens with one attached hydrogen (secondary N) is 2. The van der Waals surface area contributed by atoms with Crippen LogP contribution in [0.3, 0.4) is 0 Å². The number of hydrogen-bond acceptors (Lipinski definition) is 2. The smallest absolute Gasteiger partial charge is 0.351 e. The summed E-state index contributed by atoms with van der Waals surface area (Å²) in [6, 6.07) is 9.93. The Morgan fingerprint density at radius 1 is 0.963 bits per heavy atom. The summed E-state index contributed by atoms with van der Waals surface area (Å²) in [5, 5.41) is 5.02. The minimum atomic E-state index is -4.47. The van der Waals surface area contributed by atoms with Crippen LogP contribution in [0.4, 0.5) is 23.2 Å². The van der Waals surface area contributed by atoms with Crippen molar-refractivity contribution in [3.05, 3.63) is 65.5 Å². The van der Waals surface area contributed by atoms with Crippen LogP contribution in [-0.4, -0.2) is 11.8 Å². The maximum atomic E-state index is 13.6. The van der Waals surface area contributed by atoms with Crippen molar-refractivity contribution >= 4 is 17.5 Å². The molecule has 8 heteroatoms. The number of rotatable bonds is 5. The van der Waals surface area contributed by atoms with Gasteiger partial charge >= 0.3 is 6.18 Å². The molecule has 4 nitrogen and oxygen atoms in total. The second-order valence-electron chi connectivity index (χ2n) is 6.39. The van der Waals surface area contributed by atoms with Crippen molar-refractivity contribution in [3.8, 4) is 0 Å². The van der Waals surface area contributed by atoms with Crippen LogP contribution in [0.1, 0.15) is 24.0 Å². The van der Waals surface area contributed by atoms with Crippen molar-refractivity contribution in [2.24, 2.45) is 5.41 Å². The Hall–Kier alpha value is -2.90. The van der Waals surface area contributed by atoms with E-state index < -0.39 is 34.8 Å². The molecule has 1 aliphatic carbocycles. The van der Waals surface area contributed by atoms with Crippen LogP contribution >= 0.6 is 0 Å². The Kier molecular flexibility index (Phi) is 4.91. The Morgan fingerprint density at radius 3 is 2.15 bits per heavy atom. The Morgan fingerprint density at radius 2 is 1.59 bits per heavy atom. The molecular weight excluding hydrogens is 364 g/mol. The van der Waals surface area contributed by atoms with Gasteiger partial charge in [0.25, 0.3) is 0 Å². The zero-order chi connectivity index (χ0) is 19.7. The summed E-state index contributed by atoms with van der Waals surface area (Å²) >= 11 is 0. The van der Waals surface area contributed by atoms with E-state index in [1.54, 1.807) is 6.07 Å². The van der Waals surface area contributed by atoms with Crippen molar-refractivity contribution in [1.29, 1.82) is 0 Å². The molecule has 2 aromatic carbocycles. The van der Waals surface area contributed by atoms with Gasteiger partial charge in [-0.2, -0.15) is 13.2 Å². The third-order valence-corrected chi connectivity index (χ3v) is 4.49. The molecule has 1 saturated carbocycles. The number of carbonyl (C=O) groups excluding carboxylic acids is 2. The van der Waals surface area contributed by atoms with Gasteiger partial charge in [-0.3, -0.25) is 9.59 Å². The molecule has 0 aliphatic heterocycles. The number of benzene rings is 2. The number of carbonyl (C=O) groups is 2. The second-order valence-corrected chi connectivity index (χ2v) is 6.39. The number of halogens is 4. The van der Waals surface area contributed by atoms with E-state index in [1.165, 1.54) is 18.2 Å². The van der Waals surface area contributed by atoms with E-state index in [1.807, 2.05) is 0 Å². The van der Waals surface area contributed by atoms with Crippen molar-refractivity contribution in [2.75, 3.05) is 5.32 Å². The number of anilines is 1. The van der Waals surface area contributed by atoms with Gasteiger partial charge in [-0.15, -0.1) is 0 Å². The van der Waals surface area contributed by atoms with Crippen LogP contribution in [0, 0.1) is 11.2 Å². The molecule has 3 rings (SSSR count). The molecule has 0 heterocycles. The van der Waals surface area contributed by atoms with Crippen LogP contribution in [0.25, 0.3) is 0 Å². The van der Waals surface area contributed by atoms with Crippen LogP contribution in [0.5, 0.6) is 0 Å². The zero-order valence-corrected chi connectivity index (χ0v) is 14.1. The molecule has 27 heavy (non-hydrogen) atoms. The minimum Gasteiger partial charge on any atom is -0.351 e. The molecular formula is C19H16F4N2O2. The monoisotopic (exact) mass is 380 g/mol. The first-order valence-electron chi connectivity index (χ1n) is 8.23. The summed E-state index contributed by atoms with van der Waals surface area (Å²) in [6.45, 7) is -0.0547. The van der Waals surface area contributed by atoms with Crippen molar-refractivity contribution < 1.29 is 27.2 Å². The van der Waals surface area contributed by atoms with Crippen molar-refractivity contribution in [2.45, 2.75) is 25.6 Å². The van der Waals surface area contributed by atoms with E-state index in [-0.39, 0.29) is 12.2 Å². The number of amides is 2. The predicted octanol–water partition coefficient (Wildman–Crippen LogP) is 3.88. The van der Waals surface area contributed by atoms with Crippen molar-refractivity contribution in [3.63, 3.8) is 0 Å².